The number of carbonyl (C=O) groups is 1. The zero-order valence-electron chi connectivity index (χ0n) is 20.2. The third-order valence-electron chi connectivity index (χ3n) is 5.72. The van der Waals surface area contributed by atoms with E-state index in [1.807, 2.05) is 29.5 Å². The highest BCUT2D eigenvalue weighted by Crippen LogP contribution is 2.38. The molecule has 11 heteroatoms. The number of carbonyl (C=O) groups excluding carboxylic acids is 1. The van der Waals surface area contributed by atoms with E-state index >= 15 is 0 Å². The van der Waals surface area contributed by atoms with Gasteiger partial charge < -0.3 is 14.6 Å². The molecule has 0 saturated carbocycles. The van der Waals surface area contributed by atoms with E-state index in [4.69, 9.17) is 37.7 Å². The van der Waals surface area contributed by atoms with Gasteiger partial charge in [-0.15, -0.1) is 0 Å². The lowest BCUT2D eigenvalue weighted by Gasteiger charge is -2.27. The molecule has 0 bridgehead atoms. The molecule has 0 spiro atoms. The molecule has 1 atom stereocenters. The lowest BCUT2D eigenvalue weighted by Crippen LogP contribution is -2.40. The number of methoxy groups -OCH3 is 1. The van der Waals surface area contributed by atoms with Gasteiger partial charge in [-0.3, -0.25) is 9.36 Å². The van der Waals surface area contributed by atoms with Crippen LogP contribution < -0.4 is 19.6 Å². The number of hydrogen-bond acceptors (Lipinski definition) is 7. The number of allylic oxidation sites excluding steroid dienone is 1. The fourth-order valence-corrected chi connectivity index (χ4v) is 6.42. The fourth-order valence-electron chi connectivity index (χ4n) is 4.17. The predicted molar refractivity (Wildman–Crippen MR) is 153 cm³/mol. The average Bonchev–Trinajstić information content (AvgIpc) is 3.16. The Morgan fingerprint density at radius 2 is 2.00 bits per heavy atom. The minimum absolute atomic E-state index is 0.0165. The van der Waals surface area contributed by atoms with Crippen LogP contribution in [0.4, 0.5) is 0 Å². The number of hydrogen-bond donors (Lipinski definition) is 1. The molecular formula is C26H23Cl2IN2O5S. The summed E-state index contributed by atoms with van der Waals surface area (Å²) in [6, 6.07) is 7.40. The Kier molecular flexibility index (Phi) is 8.67. The van der Waals surface area contributed by atoms with E-state index in [0.29, 0.717) is 51.9 Å². The van der Waals surface area contributed by atoms with Gasteiger partial charge in [0, 0.05) is 21.2 Å². The van der Waals surface area contributed by atoms with Crippen molar-refractivity contribution in [1.29, 1.82) is 0 Å². The number of thiazole rings is 1. The highest BCUT2D eigenvalue weighted by molar-refractivity contribution is 14.1. The Morgan fingerprint density at radius 3 is 2.68 bits per heavy atom. The van der Waals surface area contributed by atoms with Crippen molar-refractivity contribution in [3.63, 3.8) is 0 Å². The standard InChI is InChI=1S/C26H23Cl2IN2O5S/c1-4-6-18-21(25(34)36-5-2)22(16-11-14(27)7-8-19(16)35-3)31-24(33)20(37-26(31)30-18)10-13-9-15(28)12-17(29)23(13)32/h7-12,22,32H,4-6H2,1-3H3/b20-10+/t22-/m0/s1. The number of halogens is 3. The third kappa shape index (κ3) is 5.45. The van der Waals surface area contributed by atoms with Gasteiger partial charge in [-0.25, -0.2) is 9.79 Å². The van der Waals surface area contributed by atoms with Crippen LogP contribution in [-0.4, -0.2) is 29.4 Å². The van der Waals surface area contributed by atoms with E-state index in [1.165, 1.54) is 11.7 Å². The number of rotatable bonds is 7. The molecule has 37 heavy (non-hydrogen) atoms. The van der Waals surface area contributed by atoms with E-state index in [2.05, 4.69) is 0 Å². The van der Waals surface area contributed by atoms with Crippen molar-refractivity contribution in [2.45, 2.75) is 32.7 Å². The van der Waals surface area contributed by atoms with Crippen LogP contribution >= 0.6 is 57.1 Å². The number of phenolic OH excluding ortho intramolecular Hbond substituents is 1. The maximum absolute atomic E-state index is 13.9. The van der Waals surface area contributed by atoms with Crippen molar-refractivity contribution in [2.24, 2.45) is 4.99 Å². The van der Waals surface area contributed by atoms with Gasteiger partial charge in [0.25, 0.3) is 5.56 Å². The summed E-state index contributed by atoms with van der Waals surface area (Å²) in [5.41, 5.74) is 1.36. The van der Waals surface area contributed by atoms with Crippen LogP contribution in [0, 0.1) is 3.57 Å². The van der Waals surface area contributed by atoms with Gasteiger partial charge in [-0.05, 0) is 72.3 Å². The molecule has 1 aromatic heterocycles. The van der Waals surface area contributed by atoms with Gasteiger partial charge in [-0.1, -0.05) is 47.9 Å². The number of nitrogens with zero attached hydrogens (tertiary/aromatic N) is 2. The Labute approximate surface area is 240 Å². The maximum atomic E-state index is 13.9. The van der Waals surface area contributed by atoms with E-state index < -0.39 is 12.0 Å². The molecule has 1 aliphatic rings. The smallest absolute Gasteiger partial charge is 0.338 e. The summed E-state index contributed by atoms with van der Waals surface area (Å²) in [5, 5.41) is 11.4. The highest BCUT2D eigenvalue weighted by atomic mass is 127. The second-order valence-electron chi connectivity index (χ2n) is 8.13. The zero-order chi connectivity index (χ0) is 26.9. The molecule has 0 amide bonds. The Bertz CT molecular complexity index is 1600. The molecule has 0 aliphatic carbocycles. The Balaban J connectivity index is 2.08. The van der Waals surface area contributed by atoms with Crippen molar-refractivity contribution in [3.8, 4) is 11.5 Å². The molecule has 0 fully saturated rings. The van der Waals surface area contributed by atoms with Gasteiger partial charge in [0.1, 0.15) is 17.5 Å². The Hall–Kier alpha value is -2.34. The van der Waals surface area contributed by atoms with Crippen molar-refractivity contribution >= 4 is 69.2 Å². The molecule has 2 aromatic carbocycles. The molecule has 0 radical (unpaired) electrons. The summed E-state index contributed by atoms with van der Waals surface area (Å²) in [6.45, 7) is 3.87. The minimum Gasteiger partial charge on any atom is -0.506 e. The summed E-state index contributed by atoms with van der Waals surface area (Å²) in [7, 11) is 1.51. The number of esters is 1. The van der Waals surface area contributed by atoms with Crippen LogP contribution in [0.5, 0.6) is 11.5 Å². The highest BCUT2D eigenvalue weighted by Gasteiger charge is 2.36. The second kappa shape index (κ2) is 11.6. The molecular weight excluding hydrogens is 650 g/mol. The topological polar surface area (TPSA) is 90.1 Å². The van der Waals surface area contributed by atoms with Crippen molar-refractivity contribution in [1.82, 2.24) is 4.57 Å². The van der Waals surface area contributed by atoms with E-state index in [1.54, 1.807) is 43.3 Å². The molecule has 2 heterocycles. The number of phenols is 1. The first kappa shape index (κ1) is 27.7. The normalized spacial score (nSPS) is 15.4. The van der Waals surface area contributed by atoms with E-state index in [9.17, 15) is 14.7 Å². The second-order valence-corrected chi connectivity index (χ2v) is 11.2. The van der Waals surface area contributed by atoms with Crippen molar-refractivity contribution in [3.05, 3.63) is 86.0 Å². The SMILES string of the molecule is CCCC1=C(C(=O)OCC)[C@H](c2cc(Cl)ccc2OC)n2c(s/c(=C/c3cc(Cl)cc(I)c3O)c2=O)=N1. The summed E-state index contributed by atoms with van der Waals surface area (Å²) >= 11 is 15.7. The monoisotopic (exact) mass is 672 g/mol. The summed E-state index contributed by atoms with van der Waals surface area (Å²) in [4.78, 5) is 32.3. The zero-order valence-corrected chi connectivity index (χ0v) is 24.7. The average molecular weight is 673 g/mol. The van der Waals surface area contributed by atoms with Crippen LogP contribution in [0.25, 0.3) is 6.08 Å². The van der Waals surface area contributed by atoms with Gasteiger partial charge in [0.05, 0.1) is 33.1 Å². The molecule has 1 N–H and O–H groups in total. The first-order chi connectivity index (χ1) is 17.7. The van der Waals surface area contributed by atoms with Crippen molar-refractivity contribution < 1.29 is 19.4 Å². The van der Waals surface area contributed by atoms with Crippen LogP contribution in [0.3, 0.4) is 0 Å². The minimum atomic E-state index is -0.874. The quantitative estimate of drug-likeness (QED) is 0.275. The number of fused-ring (bicyclic) bond motifs is 1. The predicted octanol–water partition coefficient (Wildman–Crippen LogP) is 5.20. The summed E-state index contributed by atoms with van der Waals surface area (Å²) in [5.74, 6) is -0.0774. The van der Waals surface area contributed by atoms with E-state index in [-0.39, 0.29) is 23.5 Å². The molecule has 194 valence electrons. The Morgan fingerprint density at radius 1 is 1.24 bits per heavy atom. The van der Waals surface area contributed by atoms with Crippen LogP contribution in [0.2, 0.25) is 10.0 Å². The molecule has 4 rings (SSSR count). The number of aromatic hydroxyl groups is 1. The van der Waals surface area contributed by atoms with E-state index in [0.717, 1.165) is 17.8 Å². The van der Waals surface area contributed by atoms with Gasteiger partial charge in [0.2, 0.25) is 0 Å². The third-order valence-corrected chi connectivity index (χ3v) is 7.98. The fraction of sp³-hybridized carbons (Fsp3) is 0.269. The lowest BCUT2D eigenvalue weighted by molar-refractivity contribution is -0.139. The summed E-state index contributed by atoms with van der Waals surface area (Å²) < 4.78 is 13.4. The molecule has 3 aromatic rings. The first-order valence-corrected chi connectivity index (χ1v) is 14.1. The number of aromatic nitrogens is 1. The van der Waals surface area contributed by atoms with Gasteiger partial charge in [0.15, 0.2) is 4.80 Å². The first-order valence-electron chi connectivity index (χ1n) is 11.4. The number of benzene rings is 2. The van der Waals surface area contributed by atoms with Gasteiger partial charge in [-0.2, -0.15) is 0 Å². The van der Waals surface area contributed by atoms with Crippen LogP contribution in [0.1, 0.15) is 43.9 Å². The van der Waals surface area contributed by atoms with Crippen molar-refractivity contribution in [2.75, 3.05) is 13.7 Å². The largest absolute Gasteiger partial charge is 0.506 e. The molecule has 0 unspecified atom stereocenters. The molecule has 7 nitrogen and oxygen atoms in total. The number of ether oxygens (including phenoxy) is 2. The van der Waals surface area contributed by atoms with Crippen LogP contribution in [0.15, 0.2) is 51.4 Å². The lowest BCUT2D eigenvalue weighted by atomic mass is 9.93. The van der Waals surface area contributed by atoms with Crippen LogP contribution in [-0.2, 0) is 9.53 Å². The maximum Gasteiger partial charge on any atom is 0.338 e. The summed E-state index contributed by atoms with van der Waals surface area (Å²) in [6.07, 6.45) is 2.81. The van der Waals surface area contributed by atoms with Gasteiger partial charge >= 0.3 is 5.97 Å². The molecule has 1 aliphatic heterocycles. The molecule has 0 saturated heterocycles.